The number of rotatable bonds is 3. The molecule has 1 saturated heterocycles. The molecule has 2 rings (SSSR count). The van der Waals surface area contributed by atoms with Crippen molar-refractivity contribution in [3.8, 4) is 6.07 Å². The number of nitrogens with zero attached hydrogens (tertiary/aromatic N) is 2. The monoisotopic (exact) mass is 320 g/mol. The van der Waals surface area contributed by atoms with E-state index in [4.69, 9.17) is 16.9 Å². The number of carbonyl (C=O) groups is 3. The third-order valence-electron chi connectivity index (χ3n) is 3.12. The van der Waals surface area contributed by atoms with Crippen molar-refractivity contribution in [2.45, 2.75) is 19.4 Å². The molecule has 1 aliphatic heterocycles. The molecule has 114 valence electrons. The van der Waals surface area contributed by atoms with Crippen molar-refractivity contribution in [1.29, 1.82) is 5.26 Å². The van der Waals surface area contributed by atoms with Crippen LogP contribution in [0.1, 0.15) is 19.4 Å². The van der Waals surface area contributed by atoms with Gasteiger partial charge in [-0.05, 0) is 32.0 Å². The van der Waals surface area contributed by atoms with Crippen molar-refractivity contribution >= 4 is 35.1 Å². The van der Waals surface area contributed by atoms with E-state index in [1.54, 1.807) is 13.8 Å². The van der Waals surface area contributed by atoms with Gasteiger partial charge in [0.2, 0.25) is 5.91 Å². The Morgan fingerprint density at radius 3 is 2.64 bits per heavy atom. The molecule has 0 radical (unpaired) electrons. The van der Waals surface area contributed by atoms with Crippen LogP contribution in [0.15, 0.2) is 18.2 Å². The topological polar surface area (TPSA) is 102 Å². The quantitative estimate of drug-likeness (QED) is 0.823. The van der Waals surface area contributed by atoms with Crippen LogP contribution in [0, 0.1) is 11.3 Å². The minimum Gasteiger partial charge on any atom is -0.324 e. The van der Waals surface area contributed by atoms with Gasteiger partial charge >= 0.3 is 6.03 Å². The zero-order valence-electron chi connectivity index (χ0n) is 11.9. The lowest BCUT2D eigenvalue weighted by Gasteiger charge is -2.15. The van der Waals surface area contributed by atoms with Crippen LogP contribution < -0.4 is 10.6 Å². The molecule has 1 aliphatic rings. The first kappa shape index (κ1) is 15.8. The smallest absolute Gasteiger partial charge is 0.324 e. The average molecular weight is 321 g/mol. The Balaban J connectivity index is 2.05. The van der Waals surface area contributed by atoms with Crippen molar-refractivity contribution in [2.24, 2.45) is 0 Å². The van der Waals surface area contributed by atoms with Crippen molar-refractivity contribution < 1.29 is 14.4 Å². The highest BCUT2D eigenvalue weighted by Gasteiger charge is 2.44. The van der Waals surface area contributed by atoms with E-state index in [1.165, 1.54) is 18.2 Å². The van der Waals surface area contributed by atoms with Crippen LogP contribution in [0.3, 0.4) is 0 Å². The molecular formula is C14H13ClN4O3. The highest BCUT2D eigenvalue weighted by molar-refractivity contribution is 6.32. The summed E-state index contributed by atoms with van der Waals surface area (Å²) in [7, 11) is 0. The van der Waals surface area contributed by atoms with Crippen molar-refractivity contribution in [3.05, 3.63) is 28.8 Å². The van der Waals surface area contributed by atoms with Gasteiger partial charge < -0.3 is 10.6 Å². The summed E-state index contributed by atoms with van der Waals surface area (Å²) in [5, 5.41) is 14.0. The normalized spacial score (nSPS) is 16.2. The molecule has 22 heavy (non-hydrogen) atoms. The number of halogens is 1. The second-order valence-electron chi connectivity index (χ2n) is 5.30. The number of nitrogens with one attached hydrogen (secondary N) is 2. The van der Waals surface area contributed by atoms with Crippen LogP contribution in [-0.4, -0.2) is 34.8 Å². The van der Waals surface area contributed by atoms with Crippen LogP contribution >= 0.6 is 11.6 Å². The molecule has 0 bridgehead atoms. The number of anilines is 1. The van der Waals surface area contributed by atoms with Gasteiger partial charge in [0.25, 0.3) is 5.91 Å². The van der Waals surface area contributed by atoms with Crippen LogP contribution in [-0.2, 0) is 9.59 Å². The van der Waals surface area contributed by atoms with Gasteiger partial charge in [0.15, 0.2) is 0 Å². The number of nitriles is 1. The largest absolute Gasteiger partial charge is 0.325 e. The van der Waals surface area contributed by atoms with Gasteiger partial charge in [0, 0.05) is 5.69 Å². The predicted octanol–water partition coefficient (Wildman–Crippen LogP) is 1.48. The van der Waals surface area contributed by atoms with E-state index in [9.17, 15) is 14.4 Å². The predicted molar refractivity (Wildman–Crippen MR) is 79.1 cm³/mol. The van der Waals surface area contributed by atoms with Crippen LogP contribution in [0.5, 0.6) is 0 Å². The molecule has 0 atom stereocenters. The number of hydrogen-bond acceptors (Lipinski definition) is 4. The van der Waals surface area contributed by atoms with E-state index >= 15 is 0 Å². The third kappa shape index (κ3) is 3.02. The second-order valence-corrected chi connectivity index (χ2v) is 5.71. The first-order valence-corrected chi connectivity index (χ1v) is 6.76. The maximum atomic E-state index is 12.0. The molecule has 1 heterocycles. The lowest BCUT2D eigenvalue weighted by Crippen LogP contribution is -2.41. The molecule has 1 aromatic rings. The van der Waals surface area contributed by atoms with Gasteiger partial charge in [-0.3, -0.25) is 14.5 Å². The molecule has 2 N–H and O–H groups in total. The molecule has 0 aliphatic carbocycles. The minimum absolute atomic E-state index is 0.205. The Labute approximate surface area is 131 Å². The van der Waals surface area contributed by atoms with E-state index in [2.05, 4.69) is 10.6 Å². The van der Waals surface area contributed by atoms with E-state index in [0.29, 0.717) is 5.69 Å². The first-order valence-electron chi connectivity index (χ1n) is 6.38. The Morgan fingerprint density at radius 1 is 1.45 bits per heavy atom. The summed E-state index contributed by atoms with van der Waals surface area (Å²) >= 11 is 5.86. The first-order chi connectivity index (χ1) is 10.2. The summed E-state index contributed by atoms with van der Waals surface area (Å²) in [4.78, 5) is 36.4. The zero-order chi connectivity index (χ0) is 16.5. The molecule has 0 aromatic heterocycles. The summed E-state index contributed by atoms with van der Waals surface area (Å²) in [6.07, 6.45) is 0. The summed E-state index contributed by atoms with van der Waals surface area (Å²) in [6, 6.07) is 5.70. The van der Waals surface area contributed by atoms with E-state index in [1.807, 2.05) is 6.07 Å². The molecular weight excluding hydrogens is 308 g/mol. The molecule has 8 heteroatoms. The molecule has 0 spiro atoms. The number of benzene rings is 1. The van der Waals surface area contributed by atoms with Crippen LogP contribution in [0.2, 0.25) is 5.02 Å². The number of amides is 4. The Kier molecular flexibility index (Phi) is 4.06. The standard InChI is InChI=1S/C14H13ClN4O3/c1-14(2)12(21)19(13(22)18-14)7-11(20)17-9-4-3-8(6-16)10(15)5-9/h3-5H,7H2,1-2H3,(H,17,20)(H,18,22). The van der Waals surface area contributed by atoms with Crippen LogP contribution in [0.25, 0.3) is 0 Å². The SMILES string of the molecule is CC1(C)NC(=O)N(CC(=O)Nc2ccc(C#N)c(Cl)c2)C1=O. The van der Waals surface area contributed by atoms with Crippen LogP contribution in [0.4, 0.5) is 10.5 Å². The lowest BCUT2D eigenvalue weighted by atomic mass is 10.1. The van der Waals surface area contributed by atoms with Crippen molar-refractivity contribution in [2.75, 3.05) is 11.9 Å². The van der Waals surface area contributed by atoms with Gasteiger partial charge in [0.1, 0.15) is 18.2 Å². The summed E-state index contributed by atoms with van der Waals surface area (Å²) in [6.45, 7) is 2.72. The summed E-state index contributed by atoms with van der Waals surface area (Å²) < 4.78 is 0. The fourth-order valence-electron chi connectivity index (χ4n) is 1.99. The fraction of sp³-hybridized carbons (Fsp3) is 0.286. The van der Waals surface area contributed by atoms with Crippen molar-refractivity contribution in [1.82, 2.24) is 10.2 Å². The molecule has 1 fully saturated rings. The molecule has 1 aromatic carbocycles. The summed E-state index contributed by atoms with van der Waals surface area (Å²) in [5.74, 6) is -1.01. The number of imide groups is 1. The fourth-order valence-corrected chi connectivity index (χ4v) is 2.21. The van der Waals surface area contributed by atoms with E-state index in [0.717, 1.165) is 4.90 Å². The number of hydrogen-bond donors (Lipinski definition) is 2. The second kappa shape index (κ2) is 5.66. The Hall–Kier alpha value is -2.59. The number of carbonyl (C=O) groups excluding carboxylic acids is 3. The highest BCUT2D eigenvalue weighted by Crippen LogP contribution is 2.21. The maximum absolute atomic E-state index is 12.0. The highest BCUT2D eigenvalue weighted by atomic mass is 35.5. The third-order valence-corrected chi connectivity index (χ3v) is 3.43. The molecule has 0 saturated carbocycles. The Morgan fingerprint density at radius 2 is 2.14 bits per heavy atom. The summed E-state index contributed by atoms with van der Waals surface area (Å²) in [5.41, 5.74) is -0.356. The maximum Gasteiger partial charge on any atom is 0.325 e. The van der Waals surface area contributed by atoms with Gasteiger partial charge in [-0.25, -0.2) is 4.79 Å². The van der Waals surface area contributed by atoms with Gasteiger partial charge in [-0.2, -0.15) is 5.26 Å². The molecule has 0 unspecified atom stereocenters. The van der Waals surface area contributed by atoms with E-state index in [-0.39, 0.29) is 10.6 Å². The lowest BCUT2D eigenvalue weighted by molar-refractivity contribution is -0.132. The van der Waals surface area contributed by atoms with Crippen molar-refractivity contribution in [3.63, 3.8) is 0 Å². The van der Waals surface area contributed by atoms with Gasteiger partial charge in [-0.15, -0.1) is 0 Å². The molecule has 7 nitrogen and oxygen atoms in total. The Bertz CT molecular complexity index is 709. The molecule has 4 amide bonds. The average Bonchev–Trinajstić information content (AvgIpc) is 2.61. The minimum atomic E-state index is -1.02. The van der Waals surface area contributed by atoms with Gasteiger partial charge in [0.05, 0.1) is 10.6 Å². The van der Waals surface area contributed by atoms with Gasteiger partial charge in [-0.1, -0.05) is 11.6 Å². The number of urea groups is 1. The van der Waals surface area contributed by atoms with E-state index < -0.39 is 29.9 Å². The zero-order valence-corrected chi connectivity index (χ0v) is 12.7.